The van der Waals surface area contributed by atoms with Crippen LogP contribution in [0.4, 0.5) is 0 Å². The fourth-order valence-electron chi connectivity index (χ4n) is 2.85. The van der Waals surface area contributed by atoms with Crippen LogP contribution < -0.4 is 4.74 Å². The van der Waals surface area contributed by atoms with Crippen LogP contribution in [0.2, 0.25) is 0 Å². The highest BCUT2D eigenvalue weighted by Gasteiger charge is 2.24. The fraction of sp³-hybridized carbons (Fsp3) is 0.556. The van der Waals surface area contributed by atoms with Crippen LogP contribution in [-0.4, -0.2) is 25.0 Å². The molecule has 1 aliphatic carbocycles. The highest BCUT2D eigenvalue weighted by molar-refractivity contribution is 5.89. The average molecular weight is 304 g/mol. The predicted octanol–water partition coefficient (Wildman–Crippen LogP) is 3.64. The summed E-state index contributed by atoms with van der Waals surface area (Å²) >= 11 is 0. The lowest BCUT2D eigenvalue weighted by molar-refractivity contribution is -0.121. The summed E-state index contributed by atoms with van der Waals surface area (Å²) in [6.07, 6.45) is 4.05. The Morgan fingerprint density at radius 1 is 1.09 bits per heavy atom. The first kappa shape index (κ1) is 16.5. The van der Waals surface area contributed by atoms with E-state index in [1.54, 1.807) is 38.1 Å². The van der Waals surface area contributed by atoms with Gasteiger partial charge in [-0.1, -0.05) is 0 Å². The van der Waals surface area contributed by atoms with E-state index < -0.39 is 0 Å². The van der Waals surface area contributed by atoms with Gasteiger partial charge in [-0.15, -0.1) is 0 Å². The number of ketones is 1. The second kappa shape index (κ2) is 7.97. The van der Waals surface area contributed by atoms with E-state index in [4.69, 9.17) is 9.47 Å². The second-order valence-corrected chi connectivity index (χ2v) is 5.88. The van der Waals surface area contributed by atoms with Gasteiger partial charge >= 0.3 is 5.97 Å². The largest absolute Gasteiger partial charge is 0.493 e. The van der Waals surface area contributed by atoms with E-state index in [1.165, 1.54) is 0 Å². The number of Topliss-reactive ketones (excluding diaryl/α,β-unsaturated/α-hetero) is 1. The minimum atomic E-state index is -0.309. The Kier molecular flexibility index (Phi) is 5.99. The summed E-state index contributed by atoms with van der Waals surface area (Å²) < 4.78 is 10.7. The molecule has 1 saturated carbocycles. The van der Waals surface area contributed by atoms with Crippen LogP contribution in [0.25, 0.3) is 0 Å². The number of carbonyl (C=O) groups excluding carboxylic acids is 2. The molecule has 1 fully saturated rings. The molecule has 1 aliphatic rings. The summed E-state index contributed by atoms with van der Waals surface area (Å²) in [6, 6.07) is 7.04. The number of hydrogen-bond donors (Lipinski definition) is 0. The lowest BCUT2D eigenvalue weighted by atomic mass is 9.81. The standard InChI is InChI=1S/C18H24O4/c1-3-21-18(20)16-8-10-17(11-9-16)22-12-14-4-6-15(7-5-14)13(2)19/h8-11,14-15H,3-7,12H2,1-2H3. The Hall–Kier alpha value is -1.84. The summed E-state index contributed by atoms with van der Waals surface area (Å²) in [7, 11) is 0. The third-order valence-corrected chi connectivity index (χ3v) is 4.27. The molecular weight excluding hydrogens is 280 g/mol. The quantitative estimate of drug-likeness (QED) is 0.753. The van der Waals surface area contributed by atoms with E-state index in [9.17, 15) is 9.59 Å². The lowest BCUT2D eigenvalue weighted by Gasteiger charge is -2.26. The van der Waals surface area contributed by atoms with Gasteiger partial charge in [-0.3, -0.25) is 4.79 Å². The van der Waals surface area contributed by atoms with Crippen molar-refractivity contribution >= 4 is 11.8 Å². The molecule has 0 aliphatic heterocycles. The Morgan fingerprint density at radius 3 is 2.27 bits per heavy atom. The molecule has 0 heterocycles. The molecule has 0 atom stereocenters. The summed E-state index contributed by atoms with van der Waals surface area (Å²) in [5, 5.41) is 0. The van der Waals surface area contributed by atoms with Crippen molar-refractivity contribution in [2.24, 2.45) is 11.8 Å². The van der Waals surface area contributed by atoms with Gasteiger partial charge in [0, 0.05) is 5.92 Å². The molecule has 0 unspecified atom stereocenters. The Morgan fingerprint density at radius 2 is 1.73 bits per heavy atom. The van der Waals surface area contributed by atoms with E-state index in [0.717, 1.165) is 31.4 Å². The molecule has 4 heteroatoms. The number of rotatable bonds is 6. The molecule has 4 nitrogen and oxygen atoms in total. The number of benzene rings is 1. The minimum absolute atomic E-state index is 0.250. The molecule has 120 valence electrons. The van der Waals surface area contributed by atoms with Gasteiger partial charge < -0.3 is 9.47 Å². The van der Waals surface area contributed by atoms with Crippen LogP contribution >= 0.6 is 0 Å². The molecule has 0 aromatic heterocycles. The molecule has 0 N–H and O–H groups in total. The van der Waals surface area contributed by atoms with Crippen molar-refractivity contribution in [1.82, 2.24) is 0 Å². The van der Waals surface area contributed by atoms with Crippen molar-refractivity contribution in [2.75, 3.05) is 13.2 Å². The fourth-order valence-corrected chi connectivity index (χ4v) is 2.85. The summed E-state index contributed by atoms with van der Waals surface area (Å²) in [5.74, 6) is 1.53. The SMILES string of the molecule is CCOC(=O)c1ccc(OCC2CCC(C(C)=O)CC2)cc1. The second-order valence-electron chi connectivity index (χ2n) is 5.88. The lowest BCUT2D eigenvalue weighted by Crippen LogP contribution is -2.23. The summed E-state index contributed by atoms with van der Waals surface area (Å²) in [4.78, 5) is 22.9. The van der Waals surface area contributed by atoms with Gasteiger partial charge in [0.1, 0.15) is 11.5 Å². The first-order valence-corrected chi connectivity index (χ1v) is 8.00. The monoisotopic (exact) mass is 304 g/mol. The van der Waals surface area contributed by atoms with Crippen molar-refractivity contribution < 1.29 is 19.1 Å². The van der Waals surface area contributed by atoms with Gasteiger partial charge in [-0.05, 0) is 69.7 Å². The van der Waals surface area contributed by atoms with Crippen LogP contribution in [0.15, 0.2) is 24.3 Å². The smallest absolute Gasteiger partial charge is 0.338 e. The average Bonchev–Trinajstić information content (AvgIpc) is 2.54. The topological polar surface area (TPSA) is 52.6 Å². The maximum absolute atomic E-state index is 11.6. The minimum Gasteiger partial charge on any atom is -0.493 e. The van der Waals surface area contributed by atoms with Crippen LogP contribution in [-0.2, 0) is 9.53 Å². The Bertz CT molecular complexity index is 498. The van der Waals surface area contributed by atoms with Crippen molar-refractivity contribution in [3.8, 4) is 5.75 Å². The van der Waals surface area contributed by atoms with Gasteiger partial charge in [0.05, 0.1) is 18.8 Å². The van der Waals surface area contributed by atoms with Crippen molar-refractivity contribution in [3.63, 3.8) is 0 Å². The Labute approximate surface area is 131 Å². The molecular formula is C18H24O4. The third kappa shape index (κ3) is 4.58. The molecule has 0 radical (unpaired) electrons. The molecule has 1 aromatic rings. The molecule has 0 spiro atoms. The van der Waals surface area contributed by atoms with E-state index in [1.807, 2.05) is 0 Å². The van der Waals surface area contributed by atoms with Crippen molar-refractivity contribution in [3.05, 3.63) is 29.8 Å². The van der Waals surface area contributed by atoms with E-state index >= 15 is 0 Å². The molecule has 0 amide bonds. The number of ether oxygens (including phenoxy) is 2. The van der Waals surface area contributed by atoms with Crippen molar-refractivity contribution in [2.45, 2.75) is 39.5 Å². The van der Waals surface area contributed by atoms with Crippen LogP contribution in [0.3, 0.4) is 0 Å². The van der Waals surface area contributed by atoms with Crippen LogP contribution in [0.1, 0.15) is 49.9 Å². The number of hydrogen-bond acceptors (Lipinski definition) is 4. The maximum Gasteiger partial charge on any atom is 0.338 e. The number of carbonyl (C=O) groups is 2. The van der Waals surface area contributed by atoms with E-state index in [0.29, 0.717) is 30.5 Å². The van der Waals surface area contributed by atoms with Gasteiger partial charge in [0.2, 0.25) is 0 Å². The van der Waals surface area contributed by atoms with Gasteiger partial charge in [-0.2, -0.15) is 0 Å². The van der Waals surface area contributed by atoms with Gasteiger partial charge in [-0.25, -0.2) is 4.79 Å². The molecule has 2 rings (SSSR count). The zero-order valence-corrected chi connectivity index (χ0v) is 13.3. The van der Waals surface area contributed by atoms with Crippen molar-refractivity contribution in [1.29, 1.82) is 0 Å². The maximum atomic E-state index is 11.6. The first-order valence-electron chi connectivity index (χ1n) is 8.00. The van der Waals surface area contributed by atoms with E-state index in [-0.39, 0.29) is 11.9 Å². The highest BCUT2D eigenvalue weighted by atomic mass is 16.5. The first-order chi connectivity index (χ1) is 10.6. The zero-order chi connectivity index (χ0) is 15.9. The molecule has 1 aromatic carbocycles. The third-order valence-electron chi connectivity index (χ3n) is 4.27. The predicted molar refractivity (Wildman–Crippen MR) is 84.0 cm³/mol. The van der Waals surface area contributed by atoms with E-state index in [2.05, 4.69) is 0 Å². The van der Waals surface area contributed by atoms with Gasteiger partial charge in [0.25, 0.3) is 0 Å². The highest BCUT2D eigenvalue weighted by Crippen LogP contribution is 2.29. The normalized spacial score (nSPS) is 21.2. The summed E-state index contributed by atoms with van der Waals surface area (Å²) in [5.41, 5.74) is 0.538. The molecule has 0 saturated heterocycles. The van der Waals surface area contributed by atoms with Gasteiger partial charge in [0.15, 0.2) is 0 Å². The van der Waals surface area contributed by atoms with Crippen LogP contribution in [0, 0.1) is 11.8 Å². The van der Waals surface area contributed by atoms with Crippen LogP contribution in [0.5, 0.6) is 5.75 Å². The Balaban J connectivity index is 1.78. The zero-order valence-electron chi connectivity index (χ0n) is 13.3. The molecule has 22 heavy (non-hydrogen) atoms. The number of esters is 1. The summed E-state index contributed by atoms with van der Waals surface area (Å²) in [6.45, 7) is 4.52. The molecule has 0 bridgehead atoms.